The van der Waals surface area contributed by atoms with Crippen LogP contribution in [0.25, 0.3) is 0 Å². The highest BCUT2D eigenvalue weighted by Crippen LogP contribution is 2.40. The van der Waals surface area contributed by atoms with E-state index in [-0.39, 0.29) is 5.54 Å². The number of aliphatic hydroxyl groups is 1. The van der Waals surface area contributed by atoms with Crippen molar-refractivity contribution >= 4 is 0 Å². The fourth-order valence-electron chi connectivity index (χ4n) is 3.67. The summed E-state index contributed by atoms with van der Waals surface area (Å²) < 4.78 is 0. The zero-order chi connectivity index (χ0) is 13.7. The van der Waals surface area contributed by atoms with E-state index >= 15 is 0 Å². The van der Waals surface area contributed by atoms with Crippen molar-refractivity contribution in [2.45, 2.75) is 70.4 Å². The summed E-state index contributed by atoms with van der Waals surface area (Å²) in [6.45, 7) is 8.11. The largest absolute Gasteiger partial charge is 0.394 e. The average molecular weight is 268 g/mol. The van der Waals surface area contributed by atoms with Crippen LogP contribution in [0.2, 0.25) is 0 Å². The topological polar surface area (TPSA) is 35.5 Å². The number of likely N-dealkylation sites (tertiary alicyclic amines) is 1. The number of hydrogen-bond donors (Lipinski definition) is 2. The van der Waals surface area contributed by atoms with Crippen molar-refractivity contribution in [3.8, 4) is 0 Å². The van der Waals surface area contributed by atoms with Crippen LogP contribution < -0.4 is 5.32 Å². The number of hydrogen-bond acceptors (Lipinski definition) is 3. The molecule has 0 aromatic rings. The number of nitrogens with one attached hydrogen (secondary N) is 1. The molecule has 2 aliphatic rings. The lowest BCUT2D eigenvalue weighted by Gasteiger charge is -2.43. The fourth-order valence-corrected chi connectivity index (χ4v) is 3.67. The molecule has 1 heterocycles. The summed E-state index contributed by atoms with van der Waals surface area (Å²) in [6, 6.07) is 0.738. The summed E-state index contributed by atoms with van der Waals surface area (Å²) in [5, 5.41) is 13.7. The van der Waals surface area contributed by atoms with E-state index in [2.05, 4.69) is 24.1 Å². The SMILES string of the molecule is CCCNC(CO)(CN1CCCCC1CC)C1CC1. The monoisotopic (exact) mass is 268 g/mol. The smallest absolute Gasteiger partial charge is 0.0628 e. The van der Waals surface area contributed by atoms with Crippen LogP contribution in [0.4, 0.5) is 0 Å². The molecule has 2 atom stereocenters. The molecule has 112 valence electrons. The molecule has 3 heteroatoms. The van der Waals surface area contributed by atoms with Crippen molar-refractivity contribution in [2.24, 2.45) is 5.92 Å². The Hall–Kier alpha value is -0.120. The van der Waals surface area contributed by atoms with E-state index in [1.165, 1.54) is 45.1 Å². The van der Waals surface area contributed by atoms with E-state index in [0.29, 0.717) is 12.5 Å². The molecule has 1 aliphatic heterocycles. The van der Waals surface area contributed by atoms with Crippen LogP contribution in [0.1, 0.15) is 58.8 Å². The van der Waals surface area contributed by atoms with Crippen molar-refractivity contribution < 1.29 is 5.11 Å². The number of rotatable bonds is 8. The third-order valence-electron chi connectivity index (χ3n) is 5.07. The van der Waals surface area contributed by atoms with Gasteiger partial charge in [-0.2, -0.15) is 0 Å². The minimum atomic E-state index is -0.0270. The highest BCUT2D eigenvalue weighted by atomic mass is 16.3. The Morgan fingerprint density at radius 2 is 2.00 bits per heavy atom. The normalized spacial score (nSPS) is 28.3. The molecule has 19 heavy (non-hydrogen) atoms. The predicted octanol–water partition coefficient (Wildman–Crippen LogP) is 2.39. The van der Waals surface area contributed by atoms with Crippen molar-refractivity contribution in [2.75, 3.05) is 26.2 Å². The van der Waals surface area contributed by atoms with Crippen LogP contribution in [0, 0.1) is 5.92 Å². The maximum absolute atomic E-state index is 10.0. The average Bonchev–Trinajstić information content (AvgIpc) is 3.29. The van der Waals surface area contributed by atoms with E-state index < -0.39 is 0 Å². The molecule has 1 saturated heterocycles. The maximum Gasteiger partial charge on any atom is 0.0628 e. The Labute approximate surface area is 118 Å². The molecule has 1 aliphatic carbocycles. The second-order valence-corrected chi connectivity index (χ2v) is 6.54. The van der Waals surface area contributed by atoms with E-state index in [0.717, 1.165) is 25.6 Å². The molecule has 2 unspecified atom stereocenters. The summed E-state index contributed by atoms with van der Waals surface area (Å²) in [7, 11) is 0. The van der Waals surface area contributed by atoms with Gasteiger partial charge in [0.05, 0.1) is 12.1 Å². The van der Waals surface area contributed by atoms with Gasteiger partial charge in [0, 0.05) is 12.6 Å². The molecule has 0 aromatic heterocycles. The number of nitrogens with zero attached hydrogens (tertiary/aromatic N) is 1. The molecule has 0 aromatic carbocycles. The van der Waals surface area contributed by atoms with Gasteiger partial charge < -0.3 is 10.4 Å². The molecule has 0 radical (unpaired) electrons. The first-order valence-electron chi connectivity index (χ1n) is 8.35. The first-order valence-corrected chi connectivity index (χ1v) is 8.35. The van der Waals surface area contributed by atoms with Crippen molar-refractivity contribution in [1.29, 1.82) is 0 Å². The highest BCUT2D eigenvalue weighted by Gasteiger charge is 2.46. The summed E-state index contributed by atoms with van der Waals surface area (Å²) in [5.41, 5.74) is -0.0270. The van der Waals surface area contributed by atoms with E-state index in [9.17, 15) is 5.11 Å². The summed E-state index contributed by atoms with van der Waals surface area (Å²) >= 11 is 0. The molecular weight excluding hydrogens is 236 g/mol. The Bertz CT molecular complexity index is 267. The standard InChI is InChI=1S/C16H32N2O/c1-3-10-17-16(13-19,14-8-9-14)12-18-11-6-5-7-15(18)4-2/h14-15,17,19H,3-13H2,1-2H3. The van der Waals surface area contributed by atoms with Crippen LogP contribution in [0.15, 0.2) is 0 Å². The van der Waals surface area contributed by atoms with E-state index in [1.54, 1.807) is 0 Å². The highest BCUT2D eigenvalue weighted by molar-refractivity contribution is 5.03. The molecule has 3 nitrogen and oxygen atoms in total. The van der Waals surface area contributed by atoms with Crippen molar-refractivity contribution in [3.05, 3.63) is 0 Å². The first-order chi connectivity index (χ1) is 9.25. The molecule has 2 N–H and O–H groups in total. The van der Waals surface area contributed by atoms with Crippen LogP contribution >= 0.6 is 0 Å². The second-order valence-electron chi connectivity index (χ2n) is 6.54. The first kappa shape index (κ1) is 15.3. The maximum atomic E-state index is 10.0. The lowest BCUT2D eigenvalue weighted by atomic mass is 9.90. The lowest BCUT2D eigenvalue weighted by Crippen LogP contribution is -2.60. The summed E-state index contributed by atoms with van der Waals surface area (Å²) in [6.07, 6.45) is 9.04. The van der Waals surface area contributed by atoms with E-state index in [1.807, 2.05) is 0 Å². The third kappa shape index (κ3) is 3.71. The predicted molar refractivity (Wildman–Crippen MR) is 80.3 cm³/mol. The molecule has 2 rings (SSSR count). The van der Waals surface area contributed by atoms with Crippen LogP contribution in [-0.4, -0.2) is 47.8 Å². The third-order valence-corrected chi connectivity index (χ3v) is 5.07. The quantitative estimate of drug-likeness (QED) is 0.709. The Balaban J connectivity index is 2.01. The zero-order valence-electron chi connectivity index (χ0n) is 12.8. The van der Waals surface area contributed by atoms with Gasteiger partial charge in [-0.1, -0.05) is 20.3 Å². The van der Waals surface area contributed by atoms with Gasteiger partial charge in [0.2, 0.25) is 0 Å². The Kier molecular flexibility index (Phi) is 5.67. The van der Waals surface area contributed by atoms with Gasteiger partial charge in [-0.15, -0.1) is 0 Å². The lowest BCUT2D eigenvalue weighted by molar-refractivity contribution is 0.0526. The zero-order valence-corrected chi connectivity index (χ0v) is 12.8. The summed E-state index contributed by atoms with van der Waals surface area (Å²) in [4.78, 5) is 2.65. The van der Waals surface area contributed by atoms with Crippen molar-refractivity contribution in [3.63, 3.8) is 0 Å². The Morgan fingerprint density at radius 1 is 1.21 bits per heavy atom. The second kappa shape index (κ2) is 7.05. The Morgan fingerprint density at radius 3 is 2.58 bits per heavy atom. The van der Waals surface area contributed by atoms with E-state index in [4.69, 9.17) is 0 Å². The van der Waals surface area contributed by atoms with Gasteiger partial charge in [-0.25, -0.2) is 0 Å². The molecule has 2 fully saturated rings. The van der Waals surface area contributed by atoms with Gasteiger partial charge in [0.15, 0.2) is 0 Å². The van der Waals surface area contributed by atoms with Gasteiger partial charge in [-0.3, -0.25) is 4.90 Å². The summed E-state index contributed by atoms with van der Waals surface area (Å²) in [5.74, 6) is 0.698. The van der Waals surface area contributed by atoms with Crippen molar-refractivity contribution in [1.82, 2.24) is 10.2 Å². The fraction of sp³-hybridized carbons (Fsp3) is 1.00. The molecule has 0 amide bonds. The van der Waals surface area contributed by atoms with Gasteiger partial charge >= 0.3 is 0 Å². The van der Waals surface area contributed by atoms with Gasteiger partial charge in [0.25, 0.3) is 0 Å². The van der Waals surface area contributed by atoms with Crippen LogP contribution in [0.3, 0.4) is 0 Å². The van der Waals surface area contributed by atoms with Gasteiger partial charge in [-0.05, 0) is 57.5 Å². The number of piperidine rings is 1. The molecule has 1 saturated carbocycles. The minimum absolute atomic E-state index is 0.0270. The minimum Gasteiger partial charge on any atom is -0.394 e. The van der Waals surface area contributed by atoms with Crippen LogP contribution in [0.5, 0.6) is 0 Å². The molecular formula is C16H32N2O. The molecule has 0 spiro atoms. The number of aliphatic hydroxyl groups excluding tert-OH is 1. The van der Waals surface area contributed by atoms with Crippen LogP contribution in [-0.2, 0) is 0 Å². The van der Waals surface area contributed by atoms with Gasteiger partial charge in [0.1, 0.15) is 0 Å². The molecule has 0 bridgehead atoms.